The van der Waals surface area contributed by atoms with Crippen LogP contribution < -0.4 is 42.5 Å². The van der Waals surface area contributed by atoms with Crippen molar-refractivity contribution in [2.75, 3.05) is 42.5 Å². The van der Waals surface area contributed by atoms with Crippen LogP contribution >= 0.6 is 0 Å². The van der Waals surface area contributed by atoms with Crippen molar-refractivity contribution in [3.8, 4) is 45.6 Å². The zero-order valence-electron chi connectivity index (χ0n) is 61.2. The van der Waals surface area contributed by atoms with Crippen LogP contribution in [0.1, 0.15) is 44.5 Å². The highest BCUT2D eigenvalue weighted by molar-refractivity contribution is 6.26. The lowest BCUT2D eigenvalue weighted by molar-refractivity contribution is 0.412. The SMILES string of the molecule is Cc1ccc(Nc2c(Nc3ccc(C)cc3)c(Nc3ccc(C)cc3)c3c(c2Nc2ccc(C)cc2)-c2nc-3nc3[nH]c(nc4nc(nc5[nH]c(n2)c2c(F)c(F)c(F)c(F)c52)-c2c(F)c(F)c(F)c(F)c2-4)c2c(Nc4ccc(C)cc4)c(Nc4ccc(C)cc4)c(Nc4ccc(C)cc4)c(Nc4ccc(C)cc4)c32)cc1. The summed E-state index contributed by atoms with van der Waals surface area (Å²) in [7, 11) is 0. The smallest absolute Gasteiger partial charge is 0.198 e. The second-order valence-corrected chi connectivity index (χ2v) is 28.0. The summed E-state index contributed by atoms with van der Waals surface area (Å²) in [4.78, 5) is 36.5. The Labute approximate surface area is 635 Å². The van der Waals surface area contributed by atoms with Crippen molar-refractivity contribution in [1.29, 1.82) is 0 Å². The van der Waals surface area contributed by atoms with Crippen LogP contribution in [0.4, 0.5) is 126 Å². The Balaban J connectivity index is 1.14. The number of benzene rings is 12. The third-order valence-electron chi connectivity index (χ3n) is 19.7. The van der Waals surface area contributed by atoms with E-state index in [0.717, 1.165) is 44.5 Å². The Hall–Kier alpha value is -14.2. The Bertz CT molecular complexity index is 6520. The number of H-pyrrole nitrogens is 2. The molecule has 0 spiro atoms. The molecule has 0 saturated heterocycles. The Morgan fingerprint density at radius 2 is 0.366 bits per heavy atom. The molecule has 12 aromatic carbocycles. The van der Waals surface area contributed by atoms with Crippen LogP contribution in [0.15, 0.2) is 194 Å². The van der Waals surface area contributed by atoms with Gasteiger partial charge in [0, 0.05) is 45.5 Å². The fourth-order valence-electron chi connectivity index (χ4n) is 13.8. The van der Waals surface area contributed by atoms with Crippen LogP contribution in [0.3, 0.4) is 0 Å². The number of nitrogens with one attached hydrogen (secondary N) is 10. The Morgan fingerprint density at radius 1 is 0.188 bits per heavy atom. The van der Waals surface area contributed by atoms with Crippen LogP contribution in [0.25, 0.3) is 89.7 Å². The van der Waals surface area contributed by atoms with E-state index in [1.807, 2.05) is 250 Å². The number of aromatic nitrogens is 8. The van der Waals surface area contributed by atoms with E-state index < -0.39 is 91.4 Å². The first-order valence-corrected chi connectivity index (χ1v) is 35.8. The maximum Gasteiger partial charge on any atom is 0.198 e. The first kappa shape index (κ1) is 70.8. The summed E-state index contributed by atoms with van der Waals surface area (Å²) in [6, 6.07) is 61.1. The molecule has 0 fully saturated rings. The number of rotatable bonds is 16. The third kappa shape index (κ3) is 13.0. The molecular weight excluding hydrogens is 1430 g/mol. The summed E-state index contributed by atoms with van der Waals surface area (Å²) >= 11 is 0. The molecular formula is C88H66F8N16. The second kappa shape index (κ2) is 28.1. The van der Waals surface area contributed by atoms with Crippen molar-refractivity contribution in [2.45, 2.75) is 55.4 Å². The van der Waals surface area contributed by atoms with Gasteiger partial charge in [-0.25, -0.2) is 65.0 Å². The molecule has 0 radical (unpaired) electrons. The quantitative estimate of drug-likeness (QED) is 0.0248. The second-order valence-electron chi connectivity index (χ2n) is 28.0. The average molecular weight is 1500 g/mol. The topological polar surface area (TPSA) is 205 Å². The van der Waals surface area contributed by atoms with E-state index in [9.17, 15) is 0 Å². The van der Waals surface area contributed by atoms with Gasteiger partial charge in [0.15, 0.2) is 69.8 Å². The van der Waals surface area contributed by atoms with Crippen LogP contribution in [0.5, 0.6) is 0 Å². The molecule has 5 heterocycles. The molecule has 0 amide bonds. The van der Waals surface area contributed by atoms with Crippen molar-refractivity contribution in [3.63, 3.8) is 0 Å². The number of nitrogens with zero attached hydrogens (tertiary/aromatic N) is 6. The number of hydrogen-bond acceptors (Lipinski definition) is 14. The van der Waals surface area contributed by atoms with Crippen molar-refractivity contribution in [2.24, 2.45) is 0 Å². The molecule has 15 aromatic rings. The minimum absolute atomic E-state index is 0.0747. The van der Waals surface area contributed by atoms with Crippen LogP contribution in [0, 0.1) is 102 Å². The molecule has 112 heavy (non-hydrogen) atoms. The van der Waals surface area contributed by atoms with Gasteiger partial charge in [-0.3, -0.25) is 0 Å². The summed E-state index contributed by atoms with van der Waals surface area (Å²) < 4.78 is 134. The van der Waals surface area contributed by atoms with Gasteiger partial charge in [0.2, 0.25) is 0 Å². The fourth-order valence-corrected chi connectivity index (χ4v) is 13.8. The molecule has 0 aliphatic carbocycles. The Morgan fingerprint density at radius 3 is 0.598 bits per heavy atom. The normalized spacial score (nSPS) is 11.6. The molecule has 8 bridgehead atoms. The molecule has 0 saturated carbocycles. The summed E-state index contributed by atoms with van der Waals surface area (Å²) in [6.45, 7) is 15.6. The van der Waals surface area contributed by atoms with Crippen molar-refractivity contribution >= 4 is 135 Å². The van der Waals surface area contributed by atoms with E-state index in [1.165, 1.54) is 0 Å². The molecule has 0 unspecified atom stereocenters. The van der Waals surface area contributed by atoms with E-state index in [4.69, 9.17) is 19.9 Å². The molecule has 17 rings (SSSR count). The number of fused-ring (bicyclic) bond motifs is 20. The van der Waals surface area contributed by atoms with Crippen LogP contribution in [-0.4, -0.2) is 39.9 Å². The van der Waals surface area contributed by atoms with Gasteiger partial charge in [0.1, 0.15) is 22.6 Å². The van der Waals surface area contributed by atoms with Crippen molar-refractivity contribution < 1.29 is 35.1 Å². The minimum Gasteiger partial charge on any atom is -0.353 e. The molecule has 10 N–H and O–H groups in total. The monoisotopic (exact) mass is 1500 g/mol. The lowest BCUT2D eigenvalue weighted by Gasteiger charge is -2.26. The maximum atomic E-state index is 17.4. The predicted molar refractivity (Wildman–Crippen MR) is 431 cm³/mol. The number of anilines is 16. The van der Waals surface area contributed by atoms with E-state index in [2.05, 4.69) is 62.5 Å². The molecule has 2 aliphatic heterocycles. The number of halogens is 8. The van der Waals surface area contributed by atoms with Crippen LogP contribution in [0.2, 0.25) is 0 Å². The Kier molecular flexibility index (Phi) is 17.8. The maximum absolute atomic E-state index is 17.4. The molecule has 0 atom stereocenters. The van der Waals surface area contributed by atoms with Gasteiger partial charge >= 0.3 is 0 Å². The molecule has 2 aliphatic rings. The number of aromatic amines is 2. The largest absolute Gasteiger partial charge is 0.353 e. The van der Waals surface area contributed by atoms with E-state index >= 15 is 35.1 Å². The molecule has 16 nitrogen and oxygen atoms in total. The van der Waals surface area contributed by atoms with E-state index in [-0.39, 0.29) is 61.9 Å². The summed E-state index contributed by atoms with van der Waals surface area (Å²) in [5, 5.41) is 28.2. The van der Waals surface area contributed by atoms with Gasteiger partial charge in [0.25, 0.3) is 0 Å². The number of hydrogen-bond donors (Lipinski definition) is 10. The van der Waals surface area contributed by atoms with E-state index in [0.29, 0.717) is 73.9 Å². The first-order valence-electron chi connectivity index (χ1n) is 35.8. The molecule has 554 valence electrons. The van der Waals surface area contributed by atoms with E-state index in [1.54, 1.807) is 0 Å². The average Bonchev–Trinajstić information content (AvgIpc) is 1.54. The van der Waals surface area contributed by atoms with Gasteiger partial charge < -0.3 is 52.5 Å². The summed E-state index contributed by atoms with van der Waals surface area (Å²) in [5.74, 6) is -19.4. The van der Waals surface area contributed by atoms with Gasteiger partial charge in [-0.05, 0) is 152 Å². The third-order valence-corrected chi connectivity index (χ3v) is 19.7. The van der Waals surface area contributed by atoms with Crippen molar-refractivity contribution in [1.82, 2.24) is 39.9 Å². The zero-order valence-corrected chi connectivity index (χ0v) is 61.2. The van der Waals surface area contributed by atoms with Gasteiger partial charge in [0.05, 0.1) is 89.3 Å². The predicted octanol–water partition coefficient (Wildman–Crippen LogP) is 24.4. The first-order chi connectivity index (χ1) is 54.0. The summed E-state index contributed by atoms with van der Waals surface area (Å²) in [6.07, 6.45) is 0. The highest BCUT2D eigenvalue weighted by atomic mass is 19.2. The molecule has 3 aromatic heterocycles. The van der Waals surface area contributed by atoms with Gasteiger partial charge in [-0.15, -0.1) is 0 Å². The summed E-state index contributed by atoms with van der Waals surface area (Å²) in [5.41, 5.74) is 10.7. The van der Waals surface area contributed by atoms with Crippen molar-refractivity contribution in [3.05, 3.63) is 285 Å². The standard InChI is InChI=1S/C88H66F8N16/c1-41-9-25-49(26-10-41)97-73-61-63(75(99-51-29-13-43(3)14-30-51)79(103-55-37-21-47(7)22-38-55)77(73)101-53-33-17-45(5)18-34-53)87-110-85(61)108-83-59-57(65(89)69(93)71(95)67(59)91)81(106-83)105-82-58-60(68(92)72(96)70(94)66(58)90)84(107-82)109-86-62-64(88(111-86)112-87)76(100-52-31-15-44(4)16-32-52)80(104-56-39-23-48(8)24-40-56)78(102-54-35-19-46(6)20-36-54)74(62)98-50-27-11-42(2)12-28-50/h9-40,97-104H,1-8H3,(H2,105,106,107,108,109,110,111,112). The lowest BCUT2D eigenvalue weighted by atomic mass is 9.97. The van der Waals surface area contributed by atoms with Crippen LogP contribution in [-0.2, 0) is 0 Å². The van der Waals surface area contributed by atoms with Gasteiger partial charge in [-0.1, -0.05) is 142 Å². The lowest BCUT2D eigenvalue weighted by Crippen LogP contribution is -2.09. The highest BCUT2D eigenvalue weighted by Crippen LogP contribution is 2.58. The zero-order chi connectivity index (χ0) is 77.7. The minimum atomic E-state index is -2.30. The fraction of sp³-hybridized carbons (Fsp3) is 0.0909. The number of aryl methyl sites for hydroxylation is 8. The highest BCUT2D eigenvalue weighted by Gasteiger charge is 2.38. The van der Waals surface area contributed by atoms with Gasteiger partial charge in [-0.2, -0.15) is 0 Å². The molecule has 24 heteroatoms.